The molecule has 0 saturated heterocycles. The molecular formula is C12H12N2O3S2. The van der Waals surface area contributed by atoms with Gasteiger partial charge in [0.25, 0.3) is 10.0 Å². The number of carbonyl (C=O) groups excluding carboxylic acids is 1. The van der Waals surface area contributed by atoms with E-state index in [4.69, 9.17) is 0 Å². The standard InChI is InChI=1S/C12H12N2O3S2/c1-8-7-18-12(13-8)14-19(16,17)11-5-3-10(4-6-11)9(2)15/h3-7H,1-2H3,(H,13,14). The van der Waals surface area contributed by atoms with Crippen LogP contribution in [0.25, 0.3) is 0 Å². The van der Waals surface area contributed by atoms with Crippen molar-refractivity contribution in [2.24, 2.45) is 0 Å². The van der Waals surface area contributed by atoms with Gasteiger partial charge in [0.05, 0.1) is 10.6 Å². The molecule has 0 spiro atoms. The molecule has 100 valence electrons. The van der Waals surface area contributed by atoms with Gasteiger partial charge >= 0.3 is 0 Å². The molecule has 1 heterocycles. The van der Waals surface area contributed by atoms with Crippen molar-refractivity contribution in [1.82, 2.24) is 4.98 Å². The van der Waals surface area contributed by atoms with E-state index in [9.17, 15) is 13.2 Å². The van der Waals surface area contributed by atoms with Gasteiger partial charge in [0, 0.05) is 10.9 Å². The van der Waals surface area contributed by atoms with Crippen LogP contribution in [-0.2, 0) is 10.0 Å². The van der Waals surface area contributed by atoms with Crippen molar-refractivity contribution in [2.45, 2.75) is 18.7 Å². The molecule has 0 aliphatic rings. The Morgan fingerprint density at radius 3 is 2.37 bits per heavy atom. The van der Waals surface area contributed by atoms with Crippen molar-refractivity contribution in [1.29, 1.82) is 0 Å². The highest BCUT2D eigenvalue weighted by molar-refractivity contribution is 7.93. The van der Waals surface area contributed by atoms with Crippen molar-refractivity contribution in [3.63, 3.8) is 0 Å². The lowest BCUT2D eigenvalue weighted by Gasteiger charge is -2.05. The summed E-state index contributed by atoms with van der Waals surface area (Å²) in [6.07, 6.45) is 0. The number of sulfonamides is 1. The minimum absolute atomic E-state index is 0.102. The van der Waals surface area contributed by atoms with E-state index in [1.54, 1.807) is 12.3 Å². The van der Waals surface area contributed by atoms with Crippen molar-refractivity contribution in [3.8, 4) is 0 Å². The van der Waals surface area contributed by atoms with Crippen molar-refractivity contribution in [3.05, 3.63) is 40.9 Å². The molecule has 0 radical (unpaired) electrons. The zero-order valence-electron chi connectivity index (χ0n) is 10.4. The number of aryl methyl sites for hydroxylation is 1. The number of anilines is 1. The average Bonchev–Trinajstić information content (AvgIpc) is 2.74. The zero-order chi connectivity index (χ0) is 14.0. The summed E-state index contributed by atoms with van der Waals surface area (Å²) in [6.45, 7) is 3.22. The van der Waals surface area contributed by atoms with Crippen LogP contribution in [-0.4, -0.2) is 19.2 Å². The molecule has 19 heavy (non-hydrogen) atoms. The SMILES string of the molecule is CC(=O)c1ccc(S(=O)(=O)Nc2nc(C)cs2)cc1. The van der Waals surface area contributed by atoms with Gasteiger partial charge in [0.2, 0.25) is 0 Å². The molecule has 2 aromatic rings. The molecule has 0 saturated carbocycles. The predicted octanol–water partition coefficient (Wildman–Crippen LogP) is 2.45. The summed E-state index contributed by atoms with van der Waals surface area (Å²) in [5, 5.41) is 2.09. The largest absolute Gasteiger partial charge is 0.295 e. The fourth-order valence-corrected chi connectivity index (χ4v) is 3.38. The first kappa shape index (κ1) is 13.7. The Hall–Kier alpha value is -1.73. The van der Waals surface area contributed by atoms with Crippen LogP contribution in [0.5, 0.6) is 0 Å². The van der Waals surface area contributed by atoms with Gasteiger partial charge < -0.3 is 0 Å². The second kappa shape index (κ2) is 5.10. The van der Waals surface area contributed by atoms with E-state index in [1.165, 1.54) is 42.5 Å². The van der Waals surface area contributed by atoms with Gasteiger partial charge in [-0.3, -0.25) is 9.52 Å². The second-order valence-corrected chi connectivity index (χ2v) is 6.52. The molecule has 5 nitrogen and oxygen atoms in total. The fourth-order valence-electron chi connectivity index (χ4n) is 1.44. The molecule has 0 bridgehead atoms. The maximum atomic E-state index is 12.1. The first-order valence-electron chi connectivity index (χ1n) is 5.44. The Morgan fingerprint density at radius 2 is 1.89 bits per heavy atom. The quantitative estimate of drug-likeness (QED) is 0.879. The van der Waals surface area contributed by atoms with Gasteiger partial charge in [-0.2, -0.15) is 0 Å². The van der Waals surface area contributed by atoms with Gasteiger partial charge in [-0.15, -0.1) is 11.3 Å². The van der Waals surface area contributed by atoms with Gasteiger partial charge in [-0.05, 0) is 26.0 Å². The topological polar surface area (TPSA) is 76.1 Å². The Bertz CT molecular complexity index is 703. The third-order valence-electron chi connectivity index (χ3n) is 2.41. The van der Waals surface area contributed by atoms with Crippen molar-refractivity contribution < 1.29 is 13.2 Å². The number of Topliss-reactive ketones (excluding diaryl/α,β-unsaturated/α-hetero) is 1. The Balaban J connectivity index is 2.26. The van der Waals surface area contributed by atoms with Gasteiger partial charge in [-0.1, -0.05) is 12.1 Å². The fraction of sp³-hybridized carbons (Fsp3) is 0.167. The number of thiazole rings is 1. The number of benzene rings is 1. The first-order chi connectivity index (χ1) is 8.88. The van der Waals surface area contributed by atoms with Crippen molar-refractivity contribution >= 4 is 32.3 Å². The van der Waals surface area contributed by atoms with E-state index in [0.717, 1.165) is 5.69 Å². The molecule has 0 aliphatic heterocycles. The third kappa shape index (κ3) is 3.18. The van der Waals surface area contributed by atoms with Crippen LogP contribution < -0.4 is 4.72 Å². The number of nitrogens with one attached hydrogen (secondary N) is 1. The van der Waals surface area contributed by atoms with E-state index in [2.05, 4.69) is 9.71 Å². The summed E-state index contributed by atoms with van der Waals surface area (Å²) in [7, 11) is -3.66. The highest BCUT2D eigenvalue weighted by Crippen LogP contribution is 2.20. The molecule has 2 rings (SSSR count). The van der Waals surface area contributed by atoms with Crippen LogP contribution in [0.3, 0.4) is 0 Å². The summed E-state index contributed by atoms with van der Waals surface area (Å²) in [4.78, 5) is 15.3. The molecule has 1 aromatic heterocycles. The highest BCUT2D eigenvalue weighted by atomic mass is 32.2. The number of nitrogens with zero attached hydrogens (tertiary/aromatic N) is 1. The second-order valence-electron chi connectivity index (χ2n) is 3.98. The lowest BCUT2D eigenvalue weighted by molar-refractivity contribution is 0.101. The van der Waals surface area contributed by atoms with Crippen LogP contribution in [0.2, 0.25) is 0 Å². The number of rotatable bonds is 4. The molecule has 0 aliphatic carbocycles. The van der Waals surface area contributed by atoms with Gasteiger partial charge in [0.1, 0.15) is 0 Å². The number of aromatic nitrogens is 1. The van der Waals surface area contributed by atoms with E-state index in [1.807, 2.05) is 0 Å². The normalized spacial score (nSPS) is 11.3. The molecule has 1 N–H and O–H groups in total. The predicted molar refractivity (Wildman–Crippen MR) is 74.1 cm³/mol. The minimum atomic E-state index is -3.66. The van der Waals surface area contributed by atoms with Crippen molar-refractivity contribution in [2.75, 3.05) is 4.72 Å². The summed E-state index contributed by atoms with van der Waals surface area (Å²) in [5.74, 6) is -0.104. The number of hydrogen-bond acceptors (Lipinski definition) is 5. The third-order valence-corrected chi connectivity index (χ3v) is 4.77. The van der Waals surface area contributed by atoms with E-state index in [-0.39, 0.29) is 10.7 Å². The van der Waals surface area contributed by atoms with E-state index >= 15 is 0 Å². The van der Waals surface area contributed by atoms with Crippen LogP contribution in [0.4, 0.5) is 5.13 Å². The summed E-state index contributed by atoms with van der Waals surface area (Å²) in [6, 6.07) is 5.78. The van der Waals surface area contributed by atoms with Crippen LogP contribution in [0.1, 0.15) is 23.0 Å². The molecular weight excluding hydrogens is 284 g/mol. The van der Waals surface area contributed by atoms with E-state index in [0.29, 0.717) is 10.7 Å². The molecule has 0 atom stereocenters. The Labute approximate surface area is 115 Å². The maximum Gasteiger partial charge on any atom is 0.263 e. The lowest BCUT2D eigenvalue weighted by atomic mass is 10.2. The van der Waals surface area contributed by atoms with Crippen LogP contribution in [0, 0.1) is 6.92 Å². The van der Waals surface area contributed by atoms with Crippen LogP contribution >= 0.6 is 11.3 Å². The summed E-state index contributed by atoms with van der Waals surface area (Å²) in [5.41, 5.74) is 1.23. The smallest absolute Gasteiger partial charge is 0.263 e. The maximum absolute atomic E-state index is 12.1. The molecule has 7 heteroatoms. The van der Waals surface area contributed by atoms with E-state index < -0.39 is 10.0 Å². The number of ketones is 1. The Morgan fingerprint density at radius 1 is 1.26 bits per heavy atom. The molecule has 0 unspecified atom stereocenters. The Kier molecular flexibility index (Phi) is 3.68. The summed E-state index contributed by atoms with van der Waals surface area (Å²) < 4.78 is 26.5. The highest BCUT2D eigenvalue weighted by Gasteiger charge is 2.16. The molecule has 0 fully saturated rings. The summed E-state index contributed by atoms with van der Waals surface area (Å²) >= 11 is 1.22. The zero-order valence-corrected chi connectivity index (χ0v) is 12.0. The van der Waals surface area contributed by atoms with Gasteiger partial charge in [-0.25, -0.2) is 13.4 Å². The van der Waals surface area contributed by atoms with Gasteiger partial charge in [0.15, 0.2) is 10.9 Å². The lowest BCUT2D eigenvalue weighted by Crippen LogP contribution is -2.13. The number of hydrogen-bond donors (Lipinski definition) is 1. The molecule has 0 amide bonds. The first-order valence-corrected chi connectivity index (χ1v) is 7.81. The molecule has 1 aromatic carbocycles. The monoisotopic (exact) mass is 296 g/mol. The number of carbonyl (C=O) groups is 1. The van der Waals surface area contributed by atoms with Crippen LogP contribution in [0.15, 0.2) is 34.5 Å². The minimum Gasteiger partial charge on any atom is -0.295 e. The average molecular weight is 296 g/mol.